The van der Waals surface area contributed by atoms with Gasteiger partial charge in [0.25, 0.3) is 0 Å². The van der Waals surface area contributed by atoms with Crippen molar-refractivity contribution in [1.82, 2.24) is 15.0 Å². The van der Waals surface area contributed by atoms with Crippen molar-refractivity contribution in [2.45, 2.75) is 25.7 Å². The molecule has 2 aromatic heterocycles. The van der Waals surface area contributed by atoms with Crippen LogP contribution in [0.1, 0.15) is 30.1 Å². The third-order valence-electron chi connectivity index (χ3n) is 3.18. The lowest BCUT2D eigenvalue weighted by Gasteiger charge is -2.09. The SMILES string of the molecule is Cc1c(-c2ccncc2F)[nH]c(C2CC2)nc1=S. The lowest BCUT2D eigenvalue weighted by Crippen LogP contribution is -2.00. The molecule has 3 nitrogen and oxygen atoms in total. The molecule has 0 aliphatic heterocycles. The second kappa shape index (κ2) is 4.24. The summed E-state index contributed by atoms with van der Waals surface area (Å²) >= 11 is 5.25. The van der Waals surface area contributed by atoms with Gasteiger partial charge in [0.05, 0.1) is 11.9 Å². The van der Waals surface area contributed by atoms with Gasteiger partial charge in [-0.05, 0) is 25.8 Å². The zero-order chi connectivity index (χ0) is 12.7. The fourth-order valence-electron chi connectivity index (χ4n) is 1.95. The number of H-pyrrole nitrogens is 1. The number of aromatic amines is 1. The maximum Gasteiger partial charge on any atom is 0.150 e. The Bertz CT molecular complexity index is 662. The summed E-state index contributed by atoms with van der Waals surface area (Å²) in [5.41, 5.74) is 2.02. The van der Waals surface area contributed by atoms with Gasteiger partial charge < -0.3 is 4.98 Å². The fourth-order valence-corrected chi connectivity index (χ4v) is 2.15. The smallest absolute Gasteiger partial charge is 0.150 e. The van der Waals surface area contributed by atoms with Crippen LogP contribution in [-0.2, 0) is 0 Å². The van der Waals surface area contributed by atoms with E-state index >= 15 is 0 Å². The van der Waals surface area contributed by atoms with Gasteiger partial charge in [0.1, 0.15) is 10.5 Å². The van der Waals surface area contributed by atoms with Gasteiger partial charge in [-0.25, -0.2) is 9.37 Å². The Morgan fingerprint density at radius 3 is 2.89 bits per heavy atom. The summed E-state index contributed by atoms with van der Waals surface area (Å²) in [6, 6.07) is 1.65. The Morgan fingerprint density at radius 1 is 1.44 bits per heavy atom. The topological polar surface area (TPSA) is 41.6 Å². The molecule has 2 aromatic rings. The Labute approximate surface area is 109 Å². The number of nitrogens with one attached hydrogen (secondary N) is 1. The molecular weight excluding hydrogens is 249 g/mol. The lowest BCUT2D eigenvalue weighted by molar-refractivity contribution is 0.624. The van der Waals surface area contributed by atoms with E-state index in [0.29, 0.717) is 16.1 Å². The minimum atomic E-state index is -0.348. The summed E-state index contributed by atoms with van der Waals surface area (Å²) in [7, 11) is 0. The van der Waals surface area contributed by atoms with Crippen molar-refractivity contribution in [1.29, 1.82) is 0 Å². The highest BCUT2D eigenvalue weighted by atomic mass is 32.1. The fraction of sp³-hybridized carbons (Fsp3) is 0.308. The van der Waals surface area contributed by atoms with E-state index < -0.39 is 0 Å². The van der Waals surface area contributed by atoms with Gasteiger partial charge >= 0.3 is 0 Å². The molecule has 1 saturated carbocycles. The first-order valence-corrected chi connectivity index (χ1v) is 6.28. The summed E-state index contributed by atoms with van der Waals surface area (Å²) in [4.78, 5) is 11.4. The van der Waals surface area contributed by atoms with E-state index in [2.05, 4.69) is 15.0 Å². The summed E-state index contributed by atoms with van der Waals surface area (Å²) in [6.45, 7) is 1.86. The van der Waals surface area contributed by atoms with Gasteiger partial charge in [0.15, 0.2) is 5.82 Å². The second-order valence-corrected chi connectivity index (χ2v) is 4.94. The predicted molar refractivity (Wildman–Crippen MR) is 69.3 cm³/mol. The van der Waals surface area contributed by atoms with Crippen molar-refractivity contribution in [3.05, 3.63) is 40.3 Å². The molecule has 18 heavy (non-hydrogen) atoms. The van der Waals surface area contributed by atoms with Crippen LogP contribution in [0.15, 0.2) is 18.5 Å². The highest BCUT2D eigenvalue weighted by molar-refractivity contribution is 7.71. The highest BCUT2D eigenvalue weighted by Gasteiger charge is 2.27. The van der Waals surface area contributed by atoms with Gasteiger partial charge in [0.2, 0.25) is 0 Å². The first-order valence-electron chi connectivity index (χ1n) is 5.87. The van der Waals surface area contributed by atoms with Crippen molar-refractivity contribution in [3.63, 3.8) is 0 Å². The molecule has 2 heterocycles. The molecule has 5 heteroatoms. The number of halogens is 1. The minimum Gasteiger partial charge on any atom is -0.343 e. The van der Waals surface area contributed by atoms with E-state index in [1.54, 1.807) is 12.3 Å². The number of hydrogen-bond acceptors (Lipinski definition) is 3. The summed E-state index contributed by atoms with van der Waals surface area (Å²) in [6.07, 6.45) is 5.04. The van der Waals surface area contributed by atoms with Crippen LogP contribution in [0.4, 0.5) is 4.39 Å². The number of rotatable bonds is 2. The number of hydrogen-bond donors (Lipinski definition) is 1. The first-order chi connectivity index (χ1) is 8.66. The van der Waals surface area contributed by atoms with Crippen molar-refractivity contribution in [2.75, 3.05) is 0 Å². The maximum atomic E-state index is 13.8. The Morgan fingerprint density at radius 2 is 2.22 bits per heavy atom. The van der Waals surface area contributed by atoms with Crippen molar-refractivity contribution < 1.29 is 4.39 Å². The maximum absolute atomic E-state index is 13.8. The average Bonchev–Trinajstić information content (AvgIpc) is 3.18. The highest BCUT2D eigenvalue weighted by Crippen LogP contribution is 2.39. The van der Waals surface area contributed by atoms with Gasteiger partial charge in [-0.3, -0.25) is 4.98 Å². The van der Waals surface area contributed by atoms with Gasteiger partial charge in [-0.2, -0.15) is 0 Å². The Hall–Kier alpha value is -1.62. The molecule has 0 bridgehead atoms. The van der Waals surface area contributed by atoms with Gasteiger partial charge in [-0.15, -0.1) is 0 Å². The molecule has 1 N–H and O–H groups in total. The average molecular weight is 261 g/mol. The van der Waals surface area contributed by atoms with Crippen molar-refractivity contribution in [2.24, 2.45) is 0 Å². The van der Waals surface area contributed by atoms with E-state index in [4.69, 9.17) is 12.2 Å². The van der Waals surface area contributed by atoms with E-state index in [1.165, 1.54) is 6.20 Å². The molecule has 0 aromatic carbocycles. The zero-order valence-electron chi connectivity index (χ0n) is 9.90. The monoisotopic (exact) mass is 261 g/mol. The number of pyridine rings is 1. The van der Waals surface area contributed by atoms with Gasteiger partial charge in [-0.1, -0.05) is 12.2 Å². The Kier molecular flexibility index (Phi) is 2.70. The number of aromatic nitrogens is 3. The summed E-state index contributed by atoms with van der Waals surface area (Å²) < 4.78 is 14.3. The Balaban J connectivity index is 2.22. The summed E-state index contributed by atoms with van der Waals surface area (Å²) in [5, 5.41) is 0. The molecule has 0 amide bonds. The molecule has 0 unspecified atom stereocenters. The molecule has 92 valence electrons. The van der Waals surface area contributed by atoms with Crippen LogP contribution in [0.25, 0.3) is 11.3 Å². The summed E-state index contributed by atoms with van der Waals surface area (Å²) in [5.74, 6) is 0.979. The zero-order valence-corrected chi connectivity index (χ0v) is 10.7. The van der Waals surface area contributed by atoms with Crippen molar-refractivity contribution >= 4 is 12.2 Å². The molecule has 0 spiro atoms. The molecule has 0 radical (unpaired) electrons. The standard InChI is InChI=1S/C13H12FN3S/c1-7-11(9-4-5-15-6-10(9)14)16-12(8-2-3-8)17-13(7)18/h4-6,8H,2-3H2,1H3,(H,16,17,18). The molecule has 0 atom stereocenters. The molecule has 0 saturated heterocycles. The molecular formula is C13H12FN3S. The largest absolute Gasteiger partial charge is 0.343 e. The van der Waals surface area contributed by atoms with Crippen LogP contribution >= 0.6 is 12.2 Å². The van der Waals surface area contributed by atoms with Crippen LogP contribution in [0.3, 0.4) is 0 Å². The number of nitrogens with zero attached hydrogens (tertiary/aromatic N) is 2. The molecule has 1 aliphatic rings. The van der Waals surface area contributed by atoms with Crippen LogP contribution < -0.4 is 0 Å². The van der Waals surface area contributed by atoms with E-state index in [0.717, 1.165) is 29.9 Å². The van der Waals surface area contributed by atoms with Crippen LogP contribution in [-0.4, -0.2) is 15.0 Å². The van der Waals surface area contributed by atoms with Gasteiger partial charge in [0, 0.05) is 23.2 Å². The lowest BCUT2D eigenvalue weighted by atomic mass is 10.1. The van der Waals surface area contributed by atoms with E-state index in [-0.39, 0.29) is 5.82 Å². The van der Waals surface area contributed by atoms with E-state index in [9.17, 15) is 4.39 Å². The first kappa shape index (κ1) is 11.5. The third kappa shape index (κ3) is 1.95. The quantitative estimate of drug-likeness (QED) is 0.841. The predicted octanol–water partition coefficient (Wildman–Crippen LogP) is 3.53. The van der Waals surface area contributed by atoms with Crippen LogP contribution in [0.2, 0.25) is 0 Å². The minimum absolute atomic E-state index is 0.348. The van der Waals surface area contributed by atoms with E-state index in [1.807, 2.05) is 6.92 Å². The van der Waals surface area contributed by atoms with Crippen LogP contribution in [0, 0.1) is 17.4 Å². The molecule has 3 rings (SSSR count). The second-order valence-electron chi connectivity index (χ2n) is 4.56. The van der Waals surface area contributed by atoms with Crippen LogP contribution in [0.5, 0.6) is 0 Å². The normalized spacial score (nSPS) is 14.8. The molecule has 1 fully saturated rings. The third-order valence-corrected chi connectivity index (χ3v) is 3.57. The van der Waals surface area contributed by atoms with Crippen molar-refractivity contribution in [3.8, 4) is 11.3 Å². The molecule has 1 aliphatic carbocycles.